The highest BCUT2D eigenvalue weighted by molar-refractivity contribution is 7.99. The van der Waals surface area contributed by atoms with Crippen molar-refractivity contribution in [1.29, 1.82) is 0 Å². The Bertz CT molecular complexity index is 509. The molecular formula is C11H12ClN5S. The number of hydrogen-bond acceptors (Lipinski definition) is 6. The van der Waals surface area contributed by atoms with Gasteiger partial charge in [-0.2, -0.15) is 0 Å². The molecule has 0 spiro atoms. The van der Waals surface area contributed by atoms with E-state index in [0.29, 0.717) is 10.8 Å². The number of aryl methyl sites for hydroxylation is 1. The van der Waals surface area contributed by atoms with Gasteiger partial charge in [-0.3, -0.25) is 0 Å². The van der Waals surface area contributed by atoms with Crippen molar-refractivity contribution in [2.45, 2.75) is 23.4 Å². The van der Waals surface area contributed by atoms with Gasteiger partial charge in [-0.1, -0.05) is 18.5 Å². The molecule has 3 N–H and O–H groups in total. The van der Waals surface area contributed by atoms with Gasteiger partial charge in [-0.15, -0.1) is 0 Å². The van der Waals surface area contributed by atoms with Crippen molar-refractivity contribution in [3.8, 4) is 0 Å². The van der Waals surface area contributed by atoms with Crippen LogP contribution >= 0.6 is 23.4 Å². The van der Waals surface area contributed by atoms with Crippen LogP contribution in [0.4, 0.5) is 5.82 Å². The molecule has 2 heterocycles. The summed E-state index contributed by atoms with van der Waals surface area (Å²) < 4.78 is 0. The molecule has 2 aromatic rings. The summed E-state index contributed by atoms with van der Waals surface area (Å²) in [5, 5.41) is 2.23. The van der Waals surface area contributed by atoms with Gasteiger partial charge < -0.3 is 5.43 Å². The van der Waals surface area contributed by atoms with Crippen LogP contribution in [0.3, 0.4) is 0 Å². The molecule has 94 valence electrons. The summed E-state index contributed by atoms with van der Waals surface area (Å²) in [6.45, 7) is 1.99. The van der Waals surface area contributed by atoms with Gasteiger partial charge in [-0.05, 0) is 23.9 Å². The number of halogens is 1. The quantitative estimate of drug-likeness (QED) is 0.509. The van der Waals surface area contributed by atoms with Crippen LogP contribution in [0, 0.1) is 0 Å². The van der Waals surface area contributed by atoms with E-state index in [2.05, 4.69) is 20.4 Å². The zero-order chi connectivity index (χ0) is 13.0. The Kier molecular flexibility index (Phi) is 4.35. The Morgan fingerprint density at radius 1 is 1.33 bits per heavy atom. The summed E-state index contributed by atoms with van der Waals surface area (Å²) >= 11 is 7.23. The van der Waals surface area contributed by atoms with Gasteiger partial charge in [-0.25, -0.2) is 20.8 Å². The maximum atomic E-state index is 5.79. The second kappa shape index (κ2) is 5.99. The van der Waals surface area contributed by atoms with E-state index >= 15 is 0 Å². The van der Waals surface area contributed by atoms with Crippen LogP contribution in [0.5, 0.6) is 0 Å². The van der Waals surface area contributed by atoms with Crippen LogP contribution < -0.4 is 11.3 Å². The van der Waals surface area contributed by atoms with E-state index in [1.807, 2.05) is 13.0 Å². The van der Waals surface area contributed by atoms with Crippen LogP contribution in [-0.4, -0.2) is 15.0 Å². The number of hydrazine groups is 1. The molecule has 2 rings (SSSR count). The lowest BCUT2D eigenvalue weighted by molar-refractivity contribution is 0.887. The predicted molar refractivity (Wildman–Crippen MR) is 72.6 cm³/mol. The first kappa shape index (κ1) is 13.1. The molecular weight excluding hydrogens is 270 g/mol. The van der Waals surface area contributed by atoms with Gasteiger partial charge in [0, 0.05) is 18.7 Å². The number of aromatic nitrogens is 3. The minimum atomic E-state index is 0.596. The summed E-state index contributed by atoms with van der Waals surface area (Å²) in [5.41, 5.74) is 2.53. The van der Waals surface area contributed by atoms with E-state index in [9.17, 15) is 0 Å². The van der Waals surface area contributed by atoms with Crippen molar-refractivity contribution in [3.63, 3.8) is 0 Å². The van der Waals surface area contributed by atoms with Gasteiger partial charge in [0.15, 0.2) is 0 Å². The molecule has 0 aliphatic carbocycles. The van der Waals surface area contributed by atoms with Crippen molar-refractivity contribution < 1.29 is 0 Å². The molecule has 0 aliphatic rings. The maximum Gasteiger partial charge on any atom is 0.144 e. The summed E-state index contributed by atoms with van der Waals surface area (Å²) in [7, 11) is 0. The molecule has 2 aromatic heterocycles. The van der Waals surface area contributed by atoms with E-state index in [4.69, 9.17) is 17.4 Å². The summed E-state index contributed by atoms with van der Waals surface area (Å²) in [6.07, 6.45) is 2.35. The minimum Gasteiger partial charge on any atom is -0.308 e. The van der Waals surface area contributed by atoms with E-state index in [1.165, 1.54) is 11.8 Å². The summed E-state index contributed by atoms with van der Waals surface area (Å²) in [6, 6.07) is 5.41. The first-order valence-corrected chi connectivity index (χ1v) is 6.54. The van der Waals surface area contributed by atoms with E-state index < -0.39 is 0 Å². The zero-order valence-corrected chi connectivity index (χ0v) is 11.3. The molecule has 0 saturated heterocycles. The maximum absolute atomic E-state index is 5.79. The first-order chi connectivity index (χ1) is 8.71. The molecule has 0 saturated carbocycles. The van der Waals surface area contributed by atoms with Gasteiger partial charge in [0.2, 0.25) is 0 Å². The number of nitrogen functional groups attached to an aromatic ring is 1. The molecule has 0 aliphatic heterocycles. The van der Waals surface area contributed by atoms with Gasteiger partial charge in [0.1, 0.15) is 21.7 Å². The van der Waals surface area contributed by atoms with Crippen molar-refractivity contribution in [3.05, 3.63) is 35.2 Å². The third-order valence-electron chi connectivity index (χ3n) is 2.12. The molecule has 0 bridgehead atoms. The average Bonchev–Trinajstić information content (AvgIpc) is 2.41. The molecule has 18 heavy (non-hydrogen) atoms. The Labute approximate surface area is 114 Å². The lowest BCUT2D eigenvalue weighted by Crippen LogP contribution is -2.10. The first-order valence-electron chi connectivity index (χ1n) is 5.35. The molecule has 0 aromatic carbocycles. The molecule has 7 heteroatoms. The monoisotopic (exact) mass is 281 g/mol. The van der Waals surface area contributed by atoms with Crippen LogP contribution in [0.25, 0.3) is 0 Å². The summed E-state index contributed by atoms with van der Waals surface area (Å²) in [5.74, 6) is 6.71. The van der Waals surface area contributed by atoms with Gasteiger partial charge in [0.25, 0.3) is 0 Å². The highest BCUT2D eigenvalue weighted by Gasteiger charge is 2.05. The van der Waals surface area contributed by atoms with Crippen LogP contribution in [0.2, 0.25) is 5.02 Å². The Balaban J connectivity index is 2.25. The SMILES string of the molecule is CCc1nc(NN)cc(Sc2ccc(Cl)cn2)n1. The third-order valence-corrected chi connectivity index (χ3v) is 3.21. The van der Waals surface area contributed by atoms with Gasteiger partial charge in [0.05, 0.1) is 5.02 Å². The molecule has 0 radical (unpaired) electrons. The second-order valence-corrected chi connectivity index (χ2v) is 4.90. The smallest absolute Gasteiger partial charge is 0.144 e. The van der Waals surface area contributed by atoms with Crippen LogP contribution in [0.15, 0.2) is 34.4 Å². The predicted octanol–water partition coefficient (Wildman–Crippen LogP) is 2.52. The number of nitrogens with zero attached hydrogens (tertiary/aromatic N) is 3. The van der Waals surface area contributed by atoms with Gasteiger partial charge >= 0.3 is 0 Å². The Morgan fingerprint density at radius 3 is 2.78 bits per heavy atom. The number of hydrogen-bond donors (Lipinski definition) is 2. The highest BCUT2D eigenvalue weighted by atomic mass is 35.5. The molecule has 0 amide bonds. The summed E-state index contributed by atoms with van der Waals surface area (Å²) in [4.78, 5) is 12.8. The fraction of sp³-hybridized carbons (Fsp3) is 0.182. The second-order valence-electron chi connectivity index (χ2n) is 3.42. The van der Waals surface area contributed by atoms with E-state index in [0.717, 1.165) is 22.3 Å². The third kappa shape index (κ3) is 3.32. The molecule has 0 fully saturated rings. The van der Waals surface area contributed by atoms with Crippen LogP contribution in [0.1, 0.15) is 12.7 Å². The fourth-order valence-electron chi connectivity index (χ4n) is 1.29. The van der Waals surface area contributed by atoms with Crippen molar-refractivity contribution in [2.75, 3.05) is 5.43 Å². The lowest BCUT2D eigenvalue weighted by atomic mass is 10.4. The largest absolute Gasteiger partial charge is 0.308 e. The highest BCUT2D eigenvalue weighted by Crippen LogP contribution is 2.26. The fourth-order valence-corrected chi connectivity index (χ4v) is 2.18. The lowest BCUT2D eigenvalue weighted by Gasteiger charge is -2.05. The number of nitrogens with one attached hydrogen (secondary N) is 1. The van der Waals surface area contributed by atoms with E-state index in [-0.39, 0.29) is 0 Å². The number of nitrogens with two attached hydrogens (primary N) is 1. The number of pyridine rings is 1. The topological polar surface area (TPSA) is 76.7 Å². The molecule has 0 unspecified atom stereocenters. The van der Waals surface area contributed by atoms with Crippen molar-refractivity contribution in [1.82, 2.24) is 15.0 Å². The van der Waals surface area contributed by atoms with Crippen molar-refractivity contribution >= 4 is 29.2 Å². The van der Waals surface area contributed by atoms with Crippen LogP contribution in [-0.2, 0) is 6.42 Å². The van der Waals surface area contributed by atoms with Crippen molar-refractivity contribution in [2.24, 2.45) is 5.84 Å². The number of rotatable bonds is 4. The zero-order valence-electron chi connectivity index (χ0n) is 9.72. The Morgan fingerprint density at radius 2 is 2.17 bits per heavy atom. The normalized spacial score (nSPS) is 10.4. The standard InChI is InChI=1S/C11H12ClN5S/c1-2-8-15-9(17-13)5-11(16-8)18-10-4-3-7(12)6-14-10/h3-6H,2,13H2,1H3,(H,15,16,17). The molecule has 5 nitrogen and oxygen atoms in total. The average molecular weight is 282 g/mol. The Hall–Kier alpha value is -1.37. The number of anilines is 1. The minimum absolute atomic E-state index is 0.596. The molecule has 0 atom stereocenters. The van der Waals surface area contributed by atoms with E-state index in [1.54, 1.807) is 18.3 Å².